The van der Waals surface area contributed by atoms with Crippen molar-refractivity contribution in [2.24, 2.45) is 15.1 Å². The number of likely N-dealkylation sites (N-methyl/N-ethyl adjacent to an activating group) is 1. The first-order valence-electron chi connectivity index (χ1n) is 11.7. The Hall–Kier alpha value is -2.00. The molecule has 2 heterocycles. The molecule has 9 heteroatoms. The molecule has 0 atom stereocenters. The van der Waals surface area contributed by atoms with Crippen molar-refractivity contribution in [3.63, 3.8) is 0 Å². The molecule has 0 spiro atoms. The Labute approximate surface area is 200 Å². The third-order valence-electron chi connectivity index (χ3n) is 6.68. The number of hydrazone groups is 1. The van der Waals surface area contributed by atoms with Crippen LogP contribution in [0, 0.1) is 0 Å². The van der Waals surface area contributed by atoms with E-state index in [1.54, 1.807) is 9.99 Å². The van der Waals surface area contributed by atoms with Gasteiger partial charge in [-0.3, -0.25) is 14.7 Å². The van der Waals surface area contributed by atoms with Gasteiger partial charge in [0.2, 0.25) is 5.96 Å². The highest BCUT2D eigenvalue weighted by Crippen LogP contribution is 2.25. The van der Waals surface area contributed by atoms with E-state index in [4.69, 9.17) is 4.99 Å². The second-order valence-corrected chi connectivity index (χ2v) is 8.94. The molecule has 2 aliphatic heterocycles. The molecule has 0 N–H and O–H groups in total. The maximum Gasteiger partial charge on any atom is 0.272 e. The van der Waals surface area contributed by atoms with E-state index in [-0.39, 0.29) is 5.91 Å². The van der Waals surface area contributed by atoms with Crippen LogP contribution >= 0.6 is 15.9 Å². The van der Waals surface area contributed by atoms with Crippen molar-refractivity contribution in [2.75, 3.05) is 45.8 Å². The Kier molecular flexibility index (Phi) is 9.47. The minimum Gasteiger partial charge on any atom is -0.338 e. The first kappa shape index (κ1) is 24.6. The van der Waals surface area contributed by atoms with Crippen LogP contribution in [0.3, 0.4) is 0 Å². The predicted molar refractivity (Wildman–Crippen MR) is 135 cm³/mol. The second-order valence-electron chi connectivity index (χ2n) is 8.48. The Bertz CT molecular complexity index is 766. The van der Waals surface area contributed by atoms with Crippen molar-refractivity contribution >= 4 is 41.2 Å². The molecular weight excluding hydrogens is 470 g/mol. The van der Waals surface area contributed by atoms with Crippen LogP contribution in [0.2, 0.25) is 0 Å². The van der Waals surface area contributed by atoms with Crippen LogP contribution in [-0.4, -0.2) is 96.9 Å². The zero-order valence-corrected chi connectivity index (χ0v) is 20.8. The zero-order chi connectivity index (χ0) is 22.9. The average Bonchev–Trinajstić information content (AvgIpc) is 3.03. The van der Waals surface area contributed by atoms with Crippen LogP contribution in [0.5, 0.6) is 0 Å². The fourth-order valence-electron chi connectivity index (χ4n) is 4.48. The van der Waals surface area contributed by atoms with Crippen molar-refractivity contribution in [1.82, 2.24) is 19.7 Å². The van der Waals surface area contributed by atoms with E-state index >= 15 is 0 Å². The summed E-state index contributed by atoms with van der Waals surface area (Å²) in [5.41, 5.74) is 1.75. The van der Waals surface area contributed by atoms with Crippen LogP contribution < -0.4 is 0 Å². The SMILES string of the molecule is C=NC(=N/C=C1\CCCN(C(=O)/C(=C\Br)N(CC)N=C)CC1)N1CCN(C2CCC2)CC1. The number of likely N-dealkylation sites (tertiary alicyclic amines) is 1. The summed E-state index contributed by atoms with van der Waals surface area (Å²) in [5.74, 6) is 0.682. The van der Waals surface area contributed by atoms with Gasteiger partial charge in [0.05, 0.1) is 0 Å². The van der Waals surface area contributed by atoms with Crippen LogP contribution in [0.1, 0.15) is 45.4 Å². The molecule has 0 aromatic heterocycles. The highest BCUT2D eigenvalue weighted by atomic mass is 79.9. The first-order chi connectivity index (χ1) is 15.6. The summed E-state index contributed by atoms with van der Waals surface area (Å²) < 4.78 is 0. The van der Waals surface area contributed by atoms with Gasteiger partial charge in [-0.2, -0.15) is 5.10 Å². The van der Waals surface area contributed by atoms with Gasteiger partial charge in [0, 0.05) is 69.8 Å². The number of piperazine rings is 1. The Morgan fingerprint density at radius 1 is 1.09 bits per heavy atom. The monoisotopic (exact) mass is 505 g/mol. The summed E-state index contributed by atoms with van der Waals surface area (Å²) in [4.78, 5) is 30.2. The summed E-state index contributed by atoms with van der Waals surface area (Å²) in [6.07, 6.45) is 8.65. The van der Waals surface area contributed by atoms with E-state index in [0.717, 1.165) is 51.5 Å². The van der Waals surface area contributed by atoms with Gasteiger partial charge in [0.15, 0.2) is 0 Å². The molecule has 0 radical (unpaired) electrons. The minimum absolute atomic E-state index is 0.0290. The molecular formula is C23H36BrN7O. The van der Waals surface area contributed by atoms with Crippen LogP contribution in [0.15, 0.2) is 37.5 Å². The van der Waals surface area contributed by atoms with E-state index in [0.29, 0.717) is 31.3 Å². The maximum atomic E-state index is 13.0. The summed E-state index contributed by atoms with van der Waals surface area (Å²) in [6.45, 7) is 15.3. The van der Waals surface area contributed by atoms with E-state index < -0.39 is 0 Å². The fourth-order valence-corrected chi connectivity index (χ4v) is 4.91. The normalized spacial score (nSPS) is 23.0. The largest absolute Gasteiger partial charge is 0.338 e. The first-order valence-corrected chi connectivity index (χ1v) is 12.6. The highest BCUT2D eigenvalue weighted by molar-refractivity contribution is 9.11. The van der Waals surface area contributed by atoms with Crippen LogP contribution in [0.25, 0.3) is 0 Å². The topological polar surface area (TPSA) is 67.1 Å². The summed E-state index contributed by atoms with van der Waals surface area (Å²) in [6, 6.07) is 0.791. The van der Waals surface area contributed by atoms with Gasteiger partial charge in [0.25, 0.3) is 5.91 Å². The molecule has 2 saturated heterocycles. The van der Waals surface area contributed by atoms with Gasteiger partial charge in [-0.15, -0.1) is 0 Å². The lowest BCUT2D eigenvalue weighted by molar-refractivity contribution is -0.128. The molecule has 8 nitrogen and oxygen atoms in total. The summed E-state index contributed by atoms with van der Waals surface area (Å²) >= 11 is 3.31. The lowest BCUT2D eigenvalue weighted by Crippen LogP contribution is -2.53. The molecule has 3 aliphatic rings. The predicted octanol–water partition coefficient (Wildman–Crippen LogP) is 3.28. The quantitative estimate of drug-likeness (QED) is 0.240. The molecule has 32 heavy (non-hydrogen) atoms. The van der Waals surface area contributed by atoms with Crippen molar-refractivity contribution in [1.29, 1.82) is 0 Å². The highest BCUT2D eigenvalue weighted by Gasteiger charge is 2.28. The third kappa shape index (κ3) is 6.07. The second kappa shape index (κ2) is 12.3. The molecule has 0 unspecified atom stereocenters. The smallest absolute Gasteiger partial charge is 0.272 e. The zero-order valence-electron chi connectivity index (χ0n) is 19.3. The molecule has 0 aromatic rings. The Balaban J connectivity index is 1.57. The Morgan fingerprint density at radius 3 is 2.41 bits per heavy atom. The molecule has 0 aromatic carbocycles. The number of carbonyl (C=O) groups is 1. The number of rotatable bonds is 6. The number of guanidine groups is 1. The van der Waals surface area contributed by atoms with Gasteiger partial charge in [-0.05, 0) is 51.3 Å². The van der Waals surface area contributed by atoms with Gasteiger partial charge in [-0.1, -0.05) is 22.4 Å². The molecule has 176 valence electrons. The standard InChI is InChI=1S/C23H36BrN7O/c1-4-31(26-3)21(17-24)22(32)29-11-6-7-19(10-12-29)18-27-23(25-2)30-15-13-28(14-16-30)20-8-5-9-20/h17-18,20H,2-16H2,1H3/b19-18+,21-17+,27-23?. The number of amides is 1. The number of carbonyl (C=O) groups excluding carboxylic acids is 1. The van der Waals surface area contributed by atoms with Gasteiger partial charge in [-0.25, -0.2) is 9.98 Å². The lowest BCUT2D eigenvalue weighted by Gasteiger charge is -2.43. The molecule has 3 rings (SSSR count). The third-order valence-corrected chi connectivity index (χ3v) is 7.11. The molecule has 0 bridgehead atoms. The maximum absolute atomic E-state index is 13.0. The molecule has 1 amide bonds. The van der Waals surface area contributed by atoms with Crippen molar-refractivity contribution < 1.29 is 4.79 Å². The van der Waals surface area contributed by atoms with Gasteiger partial charge >= 0.3 is 0 Å². The molecule has 3 fully saturated rings. The van der Waals surface area contributed by atoms with E-state index in [1.165, 1.54) is 24.8 Å². The Morgan fingerprint density at radius 2 is 1.84 bits per heavy atom. The van der Waals surface area contributed by atoms with Crippen LogP contribution in [-0.2, 0) is 4.79 Å². The summed E-state index contributed by atoms with van der Waals surface area (Å²) in [7, 11) is 0. The minimum atomic E-state index is -0.0290. The van der Waals surface area contributed by atoms with E-state index in [9.17, 15) is 4.79 Å². The number of hydrogen-bond acceptors (Lipinski definition) is 5. The van der Waals surface area contributed by atoms with E-state index in [1.807, 2.05) is 18.0 Å². The van der Waals surface area contributed by atoms with Crippen molar-refractivity contribution in [2.45, 2.75) is 51.5 Å². The van der Waals surface area contributed by atoms with Gasteiger partial charge < -0.3 is 9.80 Å². The van der Waals surface area contributed by atoms with Crippen molar-refractivity contribution in [3.05, 3.63) is 22.5 Å². The van der Waals surface area contributed by atoms with E-state index in [2.05, 4.69) is 49.3 Å². The number of nitrogens with zero attached hydrogens (tertiary/aromatic N) is 7. The van der Waals surface area contributed by atoms with Crippen LogP contribution in [0.4, 0.5) is 0 Å². The summed E-state index contributed by atoms with van der Waals surface area (Å²) in [5, 5.41) is 5.55. The lowest BCUT2D eigenvalue weighted by atomic mass is 9.91. The van der Waals surface area contributed by atoms with Crippen molar-refractivity contribution in [3.8, 4) is 0 Å². The molecule has 1 aliphatic carbocycles. The fraction of sp³-hybridized carbons (Fsp3) is 0.652. The van der Waals surface area contributed by atoms with Gasteiger partial charge in [0.1, 0.15) is 5.70 Å². The average molecular weight is 506 g/mol. The number of aliphatic imine (C=N–C) groups is 2. The number of halogens is 1. The molecule has 1 saturated carbocycles. The number of hydrogen-bond donors (Lipinski definition) is 0.